The number of rotatable bonds is 5. The van der Waals surface area contributed by atoms with E-state index in [1.165, 1.54) is 6.42 Å². The summed E-state index contributed by atoms with van der Waals surface area (Å²) in [6.07, 6.45) is 5.92. The quantitative estimate of drug-likeness (QED) is 0.896. The topological polar surface area (TPSA) is 46.3 Å². The van der Waals surface area contributed by atoms with E-state index in [9.17, 15) is 4.79 Å². The number of carbonyl (C=O) groups excluding carboxylic acids is 1. The summed E-state index contributed by atoms with van der Waals surface area (Å²) in [5.41, 5.74) is 7.29. The third kappa shape index (κ3) is 3.83. The lowest BCUT2D eigenvalue weighted by Crippen LogP contribution is -2.43. The van der Waals surface area contributed by atoms with Gasteiger partial charge in [-0.15, -0.1) is 0 Å². The Balaban J connectivity index is 1.85. The van der Waals surface area contributed by atoms with E-state index in [0.29, 0.717) is 12.5 Å². The largest absolute Gasteiger partial charge is 0.340 e. The van der Waals surface area contributed by atoms with Crippen molar-refractivity contribution in [3.8, 4) is 0 Å². The van der Waals surface area contributed by atoms with Crippen LogP contribution in [0.3, 0.4) is 0 Å². The van der Waals surface area contributed by atoms with Crippen molar-refractivity contribution in [1.29, 1.82) is 0 Å². The highest BCUT2D eigenvalue weighted by Crippen LogP contribution is 2.22. The zero-order valence-corrected chi connectivity index (χ0v) is 12.4. The normalized spacial score (nSPS) is 20.7. The molecule has 110 valence electrons. The van der Waals surface area contributed by atoms with Gasteiger partial charge < -0.3 is 10.6 Å². The zero-order valence-electron chi connectivity index (χ0n) is 12.4. The second-order valence-electron chi connectivity index (χ2n) is 5.70. The first-order valence-corrected chi connectivity index (χ1v) is 7.82. The van der Waals surface area contributed by atoms with E-state index in [4.69, 9.17) is 5.73 Å². The van der Waals surface area contributed by atoms with Crippen molar-refractivity contribution < 1.29 is 4.79 Å². The van der Waals surface area contributed by atoms with Gasteiger partial charge in [0, 0.05) is 25.0 Å². The van der Waals surface area contributed by atoms with E-state index in [1.807, 2.05) is 30.3 Å². The zero-order chi connectivity index (χ0) is 14.4. The molecular formula is C17H26N2O. The summed E-state index contributed by atoms with van der Waals surface area (Å²) >= 11 is 0. The molecule has 1 aliphatic heterocycles. The summed E-state index contributed by atoms with van der Waals surface area (Å²) in [5, 5.41) is 0. The lowest BCUT2D eigenvalue weighted by molar-refractivity contribution is -0.135. The fourth-order valence-corrected chi connectivity index (χ4v) is 3.04. The van der Waals surface area contributed by atoms with Crippen LogP contribution in [-0.4, -0.2) is 23.4 Å². The number of nitrogens with two attached hydrogens (primary N) is 1. The molecule has 1 saturated heterocycles. The van der Waals surface area contributed by atoms with Gasteiger partial charge in [0.05, 0.1) is 0 Å². The summed E-state index contributed by atoms with van der Waals surface area (Å²) in [5.74, 6) is 0.280. The highest BCUT2D eigenvalue weighted by molar-refractivity contribution is 5.76. The first-order valence-electron chi connectivity index (χ1n) is 7.82. The molecule has 2 unspecified atom stereocenters. The maximum atomic E-state index is 12.4. The molecule has 0 aromatic heterocycles. The molecule has 1 fully saturated rings. The van der Waals surface area contributed by atoms with Crippen LogP contribution in [0.25, 0.3) is 0 Å². The first kappa shape index (κ1) is 15.0. The number of carbonyl (C=O) groups is 1. The molecule has 0 bridgehead atoms. The van der Waals surface area contributed by atoms with E-state index < -0.39 is 0 Å². The van der Waals surface area contributed by atoms with E-state index in [0.717, 1.165) is 37.8 Å². The number of benzene rings is 1. The molecule has 1 heterocycles. The van der Waals surface area contributed by atoms with Crippen LogP contribution in [0.2, 0.25) is 0 Å². The van der Waals surface area contributed by atoms with Gasteiger partial charge in [-0.2, -0.15) is 0 Å². The van der Waals surface area contributed by atoms with Gasteiger partial charge in [0.15, 0.2) is 0 Å². The minimum Gasteiger partial charge on any atom is -0.340 e. The van der Waals surface area contributed by atoms with E-state index >= 15 is 0 Å². The third-order valence-corrected chi connectivity index (χ3v) is 4.32. The van der Waals surface area contributed by atoms with E-state index in [2.05, 4.69) is 11.8 Å². The number of hydrogen-bond acceptors (Lipinski definition) is 2. The van der Waals surface area contributed by atoms with Gasteiger partial charge in [-0.05, 0) is 37.7 Å². The first-order chi connectivity index (χ1) is 9.72. The Morgan fingerprint density at radius 1 is 1.35 bits per heavy atom. The van der Waals surface area contributed by atoms with Crippen LogP contribution < -0.4 is 5.73 Å². The second-order valence-corrected chi connectivity index (χ2v) is 5.70. The Labute approximate surface area is 122 Å². The Morgan fingerprint density at radius 2 is 2.10 bits per heavy atom. The number of hydrogen-bond donors (Lipinski definition) is 1. The van der Waals surface area contributed by atoms with Crippen LogP contribution in [0.4, 0.5) is 0 Å². The molecular weight excluding hydrogens is 248 g/mol. The second kappa shape index (κ2) is 7.44. The van der Waals surface area contributed by atoms with Crippen molar-refractivity contribution in [2.24, 2.45) is 5.73 Å². The number of likely N-dealkylation sites (tertiary alicyclic amines) is 1. The van der Waals surface area contributed by atoms with Gasteiger partial charge in [0.2, 0.25) is 5.91 Å². The smallest absolute Gasteiger partial charge is 0.222 e. The minimum atomic E-state index is -0.0370. The summed E-state index contributed by atoms with van der Waals surface area (Å²) in [7, 11) is 0. The Kier molecular flexibility index (Phi) is 5.60. The van der Waals surface area contributed by atoms with E-state index in [-0.39, 0.29) is 11.9 Å². The predicted octanol–water partition coefficient (Wildman–Crippen LogP) is 3.26. The maximum absolute atomic E-state index is 12.4. The van der Waals surface area contributed by atoms with Crippen LogP contribution in [0, 0.1) is 0 Å². The Bertz CT molecular complexity index is 418. The van der Waals surface area contributed by atoms with Gasteiger partial charge in [0.25, 0.3) is 0 Å². The van der Waals surface area contributed by atoms with Gasteiger partial charge in [0.1, 0.15) is 0 Å². The van der Waals surface area contributed by atoms with Crippen molar-refractivity contribution in [2.45, 2.75) is 57.5 Å². The SMILES string of the molecule is CCC1CCCCN1C(=O)CCC(N)c1ccccc1. The lowest BCUT2D eigenvalue weighted by atomic mass is 9.98. The average Bonchev–Trinajstić information content (AvgIpc) is 2.53. The lowest BCUT2D eigenvalue weighted by Gasteiger charge is -2.35. The standard InChI is InChI=1S/C17H26N2O/c1-2-15-10-6-7-13-19(15)17(20)12-11-16(18)14-8-4-3-5-9-14/h3-5,8-9,15-16H,2,6-7,10-13,18H2,1H3. The third-order valence-electron chi connectivity index (χ3n) is 4.32. The van der Waals surface area contributed by atoms with Crippen molar-refractivity contribution in [1.82, 2.24) is 4.90 Å². The Morgan fingerprint density at radius 3 is 2.80 bits per heavy atom. The molecule has 0 aliphatic carbocycles. The van der Waals surface area contributed by atoms with Crippen molar-refractivity contribution in [2.75, 3.05) is 6.54 Å². The number of piperidine rings is 1. The molecule has 1 aromatic rings. The van der Waals surface area contributed by atoms with Crippen LogP contribution in [-0.2, 0) is 4.79 Å². The molecule has 0 radical (unpaired) electrons. The Hall–Kier alpha value is -1.35. The van der Waals surface area contributed by atoms with Crippen LogP contribution in [0.5, 0.6) is 0 Å². The molecule has 2 N–H and O–H groups in total. The minimum absolute atomic E-state index is 0.0370. The van der Waals surface area contributed by atoms with Gasteiger partial charge >= 0.3 is 0 Å². The summed E-state index contributed by atoms with van der Waals surface area (Å²) in [6.45, 7) is 3.10. The molecule has 0 saturated carbocycles. The van der Waals surface area contributed by atoms with Crippen molar-refractivity contribution in [3.05, 3.63) is 35.9 Å². The van der Waals surface area contributed by atoms with Crippen molar-refractivity contribution >= 4 is 5.91 Å². The van der Waals surface area contributed by atoms with Crippen LogP contribution in [0.15, 0.2) is 30.3 Å². The summed E-state index contributed by atoms with van der Waals surface area (Å²) in [6, 6.07) is 10.5. The van der Waals surface area contributed by atoms with E-state index in [1.54, 1.807) is 0 Å². The average molecular weight is 274 g/mol. The molecule has 20 heavy (non-hydrogen) atoms. The molecule has 0 spiro atoms. The number of amides is 1. The van der Waals surface area contributed by atoms with Crippen LogP contribution >= 0.6 is 0 Å². The monoisotopic (exact) mass is 274 g/mol. The highest BCUT2D eigenvalue weighted by atomic mass is 16.2. The summed E-state index contributed by atoms with van der Waals surface area (Å²) < 4.78 is 0. The molecule has 3 heteroatoms. The van der Waals surface area contributed by atoms with Gasteiger partial charge in [-0.25, -0.2) is 0 Å². The molecule has 1 aliphatic rings. The molecule has 1 amide bonds. The van der Waals surface area contributed by atoms with Gasteiger partial charge in [-0.1, -0.05) is 37.3 Å². The van der Waals surface area contributed by atoms with Crippen LogP contribution in [0.1, 0.15) is 57.1 Å². The van der Waals surface area contributed by atoms with Crippen molar-refractivity contribution in [3.63, 3.8) is 0 Å². The predicted molar refractivity (Wildman–Crippen MR) is 82.2 cm³/mol. The maximum Gasteiger partial charge on any atom is 0.222 e. The fourth-order valence-electron chi connectivity index (χ4n) is 3.04. The molecule has 1 aromatic carbocycles. The highest BCUT2D eigenvalue weighted by Gasteiger charge is 2.25. The molecule has 2 rings (SSSR count). The molecule has 2 atom stereocenters. The summed E-state index contributed by atoms with van der Waals surface area (Å²) in [4.78, 5) is 14.5. The number of nitrogens with zero attached hydrogens (tertiary/aromatic N) is 1. The molecule has 3 nitrogen and oxygen atoms in total. The van der Waals surface area contributed by atoms with Gasteiger partial charge in [-0.3, -0.25) is 4.79 Å². The fraction of sp³-hybridized carbons (Fsp3) is 0.588.